The fourth-order valence-corrected chi connectivity index (χ4v) is 3.19. The van der Waals surface area contributed by atoms with Gasteiger partial charge < -0.3 is 4.98 Å². The van der Waals surface area contributed by atoms with Crippen LogP contribution in [0.1, 0.15) is 16.1 Å². The van der Waals surface area contributed by atoms with E-state index in [-0.39, 0.29) is 5.69 Å². The smallest absolute Gasteiger partial charge is 0.288 e. The van der Waals surface area contributed by atoms with Crippen molar-refractivity contribution in [2.75, 3.05) is 0 Å². The lowest BCUT2D eigenvalue weighted by molar-refractivity contribution is -0.384. The van der Waals surface area contributed by atoms with Crippen molar-refractivity contribution in [3.8, 4) is 22.4 Å². The highest BCUT2D eigenvalue weighted by atomic mass is 16.6. The third kappa shape index (κ3) is 4.56. The lowest BCUT2D eigenvalue weighted by Gasteiger charge is -2.03. The summed E-state index contributed by atoms with van der Waals surface area (Å²) in [6.45, 7) is 0. The molecule has 0 radical (unpaired) electrons. The summed E-state index contributed by atoms with van der Waals surface area (Å²) in [6.07, 6.45) is 1.37. The molecule has 1 aromatic heterocycles. The molecule has 0 atom stereocenters. The number of nitro benzene ring substituents is 1. The van der Waals surface area contributed by atoms with Gasteiger partial charge in [-0.15, -0.1) is 0 Å². The van der Waals surface area contributed by atoms with E-state index < -0.39 is 10.8 Å². The van der Waals surface area contributed by atoms with E-state index in [0.717, 1.165) is 22.4 Å². The molecule has 0 aliphatic heterocycles. The standard InChI is InChI=1S/C24H18N4O3/c29-24(27-25-16-17-8-7-13-20(14-17)28(30)31)23-21(18-9-3-1-4-10-18)15-22(26-23)19-11-5-2-6-12-19/h1-16,26H,(H,27,29)/b25-16+. The van der Waals surface area contributed by atoms with Crippen LogP contribution in [-0.2, 0) is 0 Å². The maximum Gasteiger partial charge on any atom is 0.288 e. The van der Waals surface area contributed by atoms with Crippen molar-refractivity contribution in [2.45, 2.75) is 0 Å². The van der Waals surface area contributed by atoms with E-state index in [1.165, 1.54) is 18.3 Å². The number of nitrogens with zero attached hydrogens (tertiary/aromatic N) is 2. The third-order valence-corrected chi connectivity index (χ3v) is 4.68. The molecular formula is C24H18N4O3. The molecule has 31 heavy (non-hydrogen) atoms. The number of H-pyrrole nitrogens is 1. The molecule has 7 heteroatoms. The Labute approximate surface area is 178 Å². The summed E-state index contributed by atoms with van der Waals surface area (Å²) in [5.41, 5.74) is 6.76. The fraction of sp³-hybridized carbons (Fsp3) is 0. The Kier molecular flexibility index (Phi) is 5.66. The predicted octanol–water partition coefficient (Wildman–Crippen LogP) is 5.02. The van der Waals surface area contributed by atoms with Crippen LogP contribution in [0, 0.1) is 10.1 Å². The predicted molar refractivity (Wildman–Crippen MR) is 120 cm³/mol. The summed E-state index contributed by atoms with van der Waals surface area (Å²) in [5, 5.41) is 14.9. The Morgan fingerprint density at radius 2 is 1.58 bits per heavy atom. The molecule has 0 aliphatic rings. The van der Waals surface area contributed by atoms with Crippen molar-refractivity contribution in [1.29, 1.82) is 0 Å². The quantitative estimate of drug-likeness (QED) is 0.265. The topological polar surface area (TPSA) is 100 Å². The first kappa shape index (κ1) is 19.8. The van der Waals surface area contributed by atoms with Crippen molar-refractivity contribution >= 4 is 17.8 Å². The van der Waals surface area contributed by atoms with Crippen molar-refractivity contribution < 1.29 is 9.72 Å². The van der Waals surface area contributed by atoms with Gasteiger partial charge in [-0.3, -0.25) is 14.9 Å². The number of nitrogens with one attached hydrogen (secondary N) is 2. The van der Waals surface area contributed by atoms with Gasteiger partial charge in [0.15, 0.2) is 0 Å². The minimum absolute atomic E-state index is 0.0430. The number of carbonyl (C=O) groups excluding carboxylic acids is 1. The van der Waals surface area contributed by atoms with E-state index in [1.54, 1.807) is 12.1 Å². The Morgan fingerprint density at radius 1 is 0.903 bits per heavy atom. The van der Waals surface area contributed by atoms with Gasteiger partial charge in [-0.05, 0) is 17.2 Å². The van der Waals surface area contributed by atoms with Gasteiger partial charge in [0.2, 0.25) is 0 Å². The summed E-state index contributed by atoms with van der Waals surface area (Å²) in [6, 6.07) is 27.3. The van der Waals surface area contributed by atoms with E-state index in [9.17, 15) is 14.9 Å². The molecule has 0 unspecified atom stereocenters. The maximum atomic E-state index is 12.9. The van der Waals surface area contributed by atoms with E-state index in [0.29, 0.717) is 11.3 Å². The monoisotopic (exact) mass is 410 g/mol. The molecule has 4 rings (SSSR count). The molecule has 152 valence electrons. The fourth-order valence-electron chi connectivity index (χ4n) is 3.19. The van der Waals surface area contributed by atoms with Gasteiger partial charge in [-0.2, -0.15) is 5.10 Å². The van der Waals surface area contributed by atoms with Crippen LogP contribution in [0.2, 0.25) is 0 Å². The summed E-state index contributed by atoms with van der Waals surface area (Å²) in [4.78, 5) is 26.5. The highest BCUT2D eigenvalue weighted by Crippen LogP contribution is 2.29. The lowest BCUT2D eigenvalue weighted by atomic mass is 10.0. The second-order valence-electron chi connectivity index (χ2n) is 6.75. The maximum absolute atomic E-state index is 12.9. The Morgan fingerprint density at radius 3 is 2.26 bits per heavy atom. The summed E-state index contributed by atoms with van der Waals surface area (Å²) >= 11 is 0. The van der Waals surface area contributed by atoms with Crippen LogP contribution < -0.4 is 5.43 Å². The van der Waals surface area contributed by atoms with Crippen molar-refractivity contribution in [1.82, 2.24) is 10.4 Å². The van der Waals surface area contributed by atoms with Crippen LogP contribution in [0.4, 0.5) is 5.69 Å². The number of carbonyl (C=O) groups is 1. The Balaban J connectivity index is 1.62. The summed E-state index contributed by atoms with van der Waals surface area (Å²) in [7, 11) is 0. The number of aromatic nitrogens is 1. The van der Waals surface area contributed by atoms with Crippen LogP contribution in [0.15, 0.2) is 96.1 Å². The zero-order chi connectivity index (χ0) is 21.6. The number of rotatable bonds is 6. The van der Waals surface area contributed by atoms with Crippen LogP contribution >= 0.6 is 0 Å². The van der Waals surface area contributed by atoms with Gasteiger partial charge in [-0.1, -0.05) is 72.8 Å². The van der Waals surface area contributed by atoms with E-state index in [2.05, 4.69) is 15.5 Å². The van der Waals surface area contributed by atoms with Crippen molar-refractivity contribution in [3.05, 3.63) is 112 Å². The number of aromatic amines is 1. The normalized spacial score (nSPS) is 10.8. The van der Waals surface area contributed by atoms with Crippen LogP contribution in [0.3, 0.4) is 0 Å². The average molecular weight is 410 g/mol. The molecule has 0 fully saturated rings. The first-order valence-electron chi connectivity index (χ1n) is 9.53. The van der Waals surface area contributed by atoms with Crippen molar-refractivity contribution in [2.24, 2.45) is 5.10 Å². The van der Waals surface area contributed by atoms with Gasteiger partial charge in [0, 0.05) is 29.0 Å². The molecule has 0 saturated carbocycles. The van der Waals surface area contributed by atoms with Crippen molar-refractivity contribution in [3.63, 3.8) is 0 Å². The number of hydrogen-bond donors (Lipinski definition) is 2. The third-order valence-electron chi connectivity index (χ3n) is 4.68. The second kappa shape index (κ2) is 8.87. The molecule has 0 spiro atoms. The summed E-state index contributed by atoms with van der Waals surface area (Å²) < 4.78 is 0. The molecule has 1 heterocycles. The minimum atomic E-state index is -0.480. The molecule has 1 amide bonds. The number of benzene rings is 3. The number of hydrazone groups is 1. The van der Waals surface area contributed by atoms with Gasteiger partial charge in [0.25, 0.3) is 11.6 Å². The molecule has 2 N–H and O–H groups in total. The zero-order valence-electron chi connectivity index (χ0n) is 16.4. The lowest BCUT2D eigenvalue weighted by Crippen LogP contribution is -2.18. The van der Waals surface area contributed by atoms with E-state index >= 15 is 0 Å². The van der Waals surface area contributed by atoms with Crippen LogP contribution in [0.5, 0.6) is 0 Å². The first-order valence-corrected chi connectivity index (χ1v) is 9.53. The van der Waals surface area contributed by atoms with Gasteiger partial charge in [0.1, 0.15) is 5.69 Å². The average Bonchev–Trinajstić information content (AvgIpc) is 3.26. The molecule has 0 saturated heterocycles. The minimum Gasteiger partial charge on any atom is -0.350 e. The number of nitro groups is 1. The number of hydrogen-bond acceptors (Lipinski definition) is 4. The van der Waals surface area contributed by atoms with Gasteiger partial charge in [0.05, 0.1) is 11.1 Å². The van der Waals surface area contributed by atoms with E-state index in [4.69, 9.17) is 0 Å². The molecule has 0 bridgehead atoms. The second-order valence-corrected chi connectivity index (χ2v) is 6.75. The highest BCUT2D eigenvalue weighted by molar-refractivity contribution is 6.01. The molecule has 7 nitrogen and oxygen atoms in total. The highest BCUT2D eigenvalue weighted by Gasteiger charge is 2.17. The largest absolute Gasteiger partial charge is 0.350 e. The SMILES string of the molecule is O=C(N/N=C/c1cccc([N+](=O)[O-])c1)c1[nH]c(-c2ccccc2)cc1-c1ccccc1. The van der Waals surface area contributed by atoms with Crippen LogP contribution in [-0.4, -0.2) is 22.0 Å². The summed E-state index contributed by atoms with van der Waals surface area (Å²) in [5.74, 6) is -0.414. The number of non-ortho nitro benzene ring substituents is 1. The van der Waals surface area contributed by atoms with Gasteiger partial charge in [-0.25, -0.2) is 5.43 Å². The number of amides is 1. The Bertz CT molecular complexity index is 1250. The first-order chi connectivity index (χ1) is 15.1. The van der Waals surface area contributed by atoms with E-state index in [1.807, 2.05) is 66.7 Å². The van der Waals surface area contributed by atoms with Crippen LogP contribution in [0.25, 0.3) is 22.4 Å². The zero-order valence-corrected chi connectivity index (χ0v) is 16.4. The molecular weight excluding hydrogens is 392 g/mol. The molecule has 0 aliphatic carbocycles. The molecule has 4 aromatic rings. The Hall–Kier alpha value is -4.52. The van der Waals surface area contributed by atoms with Gasteiger partial charge >= 0.3 is 0 Å². The molecule has 3 aromatic carbocycles.